The number of hydrogen-bond acceptors (Lipinski definition) is 5. The van der Waals surface area contributed by atoms with Gasteiger partial charge >= 0.3 is 0 Å². The van der Waals surface area contributed by atoms with E-state index in [1.165, 1.54) is 5.56 Å². The van der Waals surface area contributed by atoms with Crippen molar-refractivity contribution in [1.29, 1.82) is 0 Å². The number of hydrogen-bond donors (Lipinski definition) is 1. The van der Waals surface area contributed by atoms with Crippen LogP contribution in [0.3, 0.4) is 0 Å². The highest BCUT2D eigenvalue weighted by molar-refractivity contribution is 5.59. The van der Waals surface area contributed by atoms with Gasteiger partial charge in [-0.2, -0.15) is 0 Å². The molecule has 0 unspecified atom stereocenters. The van der Waals surface area contributed by atoms with Crippen LogP contribution in [0.4, 0.5) is 17.3 Å². The molecule has 5 heteroatoms. The molecule has 0 aliphatic carbocycles. The van der Waals surface area contributed by atoms with Gasteiger partial charge in [-0.05, 0) is 23.6 Å². The monoisotopic (exact) mass is 298 g/mol. The molecule has 5 nitrogen and oxygen atoms in total. The molecule has 1 aliphatic heterocycles. The van der Waals surface area contributed by atoms with Crippen molar-refractivity contribution in [2.45, 2.75) is 19.8 Å². The van der Waals surface area contributed by atoms with E-state index in [1.807, 2.05) is 6.07 Å². The average Bonchev–Trinajstić information content (AvgIpc) is 2.56. The Morgan fingerprint density at radius 1 is 1.09 bits per heavy atom. The number of nitrogens with zero attached hydrogens (tertiary/aromatic N) is 3. The molecule has 1 aliphatic rings. The number of aromatic nitrogens is 2. The minimum absolute atomic E-state index is 0.543. The number of anilines is 3. The minimum Gasteiger partial charge on any atom is -0.378 e. The molecule has 1 fully saturated rings. The topological polar surface area (TPSA) is 50.3 Å². The Labute approximate surface area is 131 Å². The number of morpholine rings is 1. The summed E-state index contributed by atoms with van der Waals surface area (Å²) in [6, 6.07) is 10.5. The second-order valence-electron chi connectivity index (χ2n) is 5.76. The predicted octanol–water partition coefficient (Wildman–Crippen LogP) is 3.18. The van der Waals surface area contributed by atoms with E-state index >= 15 is 0 Å². The molecule has 0 bridgehead atoms. The Morgan fingerprint density at radius 2 is 1.82 bits per heavy atom. The number of rotatable bonds is 4. The van der Waals surface area contributed by atoms with Crippen molar-refractivity contribution >= 4 is 17.3 Å². The van der Waals surface area contributed by atoms with Crippen LogP contribution >= 0.6 is 0 Å². The molecule has 1 aromatic carbocycles. The van der Waals surface area contributed by atoms with Crippen LogP contribution in [0.2, 0.25) is 0 Å². The highest BCUT2D eigenvalue weighted by Gasteiger charge is 2.13. The Hall–Kier alpha value is -2.14. The molecular formula is C17H22N4O. The van der Waals surface area contributed by atoms with Gasteiger partial charge in [-0.25, -0.2) is 9.97 Å². The maximum atomic E-state index is 5.38. The SMILES string of the molecule is CC(C)c1ccc(Nc2cc(N3CCOCC3)ncn2)cc1. The van der Waals surface area contributed by atoms with Gasteiger partial charge in [-0.15, -0.1) is 0 Å². The van der Waals surface area contributed by atoms with Gasteiger partial charge in [0.15, 0.2) is 0 Å². The lowest BCUT2D eigenvalue weighted by atomic mass is 10.0. The first-order valence-electron chi connectivity index (χ1n) is 7.74. The average molecular weight is 298 g/mol. The third kappa shape index (κ3) is 3.54. The summed E-state index contributed by atoms with van der Waals surface area (Å²) in [4.78, 5) is 10.9. The maximum absolute atomic E-state index is 5.38. The van der Waals surface area contributed by atoms with E-state index in [1.54, 1.807) is 6.33 Å². The molecule has 3 rings (SSSR count). The van der Waals surface area contributed by atoms with Crippen molar-refractivity contribution < 1.29 is 4.74 Å². The Kier molecular flexibility index (Phi) is 4.53. The molecular weight excluding hydrogens is 276 g/mol. The molecule has 1 saturated heterocycles. The van der Waals surface area contributed by atoms with Gasteiger partial charge in [-0.3, -0.25) is 0 Å². The van der Waals surface area contributed by atoms with E-state index in [0.717, 1.165) is 43.6 Å². The molecule has 0 saturated carbocycles. The smallest absolute Gasteiger partial charge is 0.135 e. The van der Waals surface area contributed by atoms with Gasteiger partial charge in [0.05, 0.1) is 13.2 Å². The fourth-order valence-corrected chi connectivity index (χ4v) is 2.48. The zero-order chi connectivity index (χ0) is 15.4. The summed E-state index contributed by atoms with van der Waals surface area (Å²) >= 11 is 0. The Bertz CT molecular complexity index is 606. The van der Waals surface area contributed by atoms with Crippen molar-refractivity contribution in [3.05, 3.63) is 42.2 Å². The van der Waals surface area contributed by atoms with Crippen LogP contribution in [0.5, 0.6) is 0 Å². The van der Waals surface area contributed by atoms with Crippen LogP contribution < -0.4 is 10.2 Å². The fraction of sp³-hybridized carbons (Fsp3) is 0.412. The molecule has 0 amide bonds. The first-order chi connectivity index (χ1) is 10.7. The summed E-state index contributed by atoms with van der Waals surface area (Å²) < 4.78 is 5.38. The van der Waals surface area contributed by atoms with Gasteiger partial charge in [0, 0.05) is 24.8 Å². The minimum atomic E-state index is 0.543. The Morgan fingerprint density at radius 3 is 2.50 bits per heavy atom. The van der Waals surface area contributed by atoms with Crippen molar-refractivity contribution in [3.8, 4) is 0 Å². The normalized spacial score (nSPS) is 15.1. The van der Waals surface area contributed by atoms with Crippen molar-refractivity contribution in [1.82, 2.24) is 9.97 Å². The summed E-state index contributed by atoms with van der Waals surface area (Å²) in [6.07, 6.45) is 1.61. The van der Waals surface area contributed by atoms with E-state index in [0.29, 0.717) is 5.92 Å². The van der Waals surface area contributed by atoms with Gasteiger partial charge in [0.2, 0.25) is 0 Å². The van der Waals surface area contributed by atoms with Crippen molar-refractivity contribution in [3.63, 3.8) is 0 Å². The first-order valence-corrected chi connectivity index (χ1v) is 7.74. The van der Waals surface area contributed by atoms with E-state index in [2.05, 4.69) is 58.3 Å². The second-order valence-corrected chi connectivity index (χ2v) is 5.76. The molecule has 22 heavy (non-hydrogen) atoms. The first kappa shape index (κ1) is 14.8. The molecule has 1 aromatic heterocycles. The van der Waals surface area contributed by atoms with Crippen LogP contribution in [0.1, 0.15) is 25.3 Å². The molecule has 1 N–H and O–H groups in total. The summed E-state index contributed by atoms with van der Waals surface area (Å²) in [5.41, 5.74) is 2.37. The lowest BCUT2D eigenvalue weighted by Gasteiger charge is -2.27. The fourth-order valence-electron chi connectivity index (χ4n) is 2.48. The second kappa shape index (κ2) is 6.75. The third-order valence-electron chi connectivity index (χ3n) is 3.84. The van der Waals surface area contributed by atoms with Crippen molar-refractivity contribution in [2.75, 3.05) is 36.5 Å². The van der Waals surface area contributed by atoms with Gasteiger partial charge < -0.3 is 15.0 Å². The maximum Gasteiger partial charge on any atom is 0.135 e. The number of benzene rings is 1. The number of nitrogens with one attached hydrogen (secondary N) is 1. The van der Waals surface area contributed by atoms with Gasteiger partial charge in [-0.1, -0.05) is 26.0 Å². The van der Waals surface area contributed by atoms with E-state index in [9.17, 15) is 0 Å². The van der Waals surface area contributed by atoms with Gasteiger partial charge in [0.25, 0.3) is 0 Å². The third-order valence-corrected chi connectivity index (χ3v) is 3.84. The number of ether oxygens (including phenoxy) is 1. The predicted molar refractivity (Wildman–Crippen MR) is 88.9 cm³/mol. The van der Waals surface area contributed by atoms with E-state index in [4.69, 9.17) is 4.74 Å². The molecule has 2 heterocycles. The van der Waals surface area contributed by atoms with Crippen LogP contribution in [0, 0.1) is 0 Å². The van der Waals surface area contributed by atoms with Crippen molar-refractivity contribution in [2.24, 2.45) is 0 Å². The summed E-state index contributed by atoms with van der Waals surface area (Å²) in [7, 11) is 0. The summed E-state index contributed by atoms with van der Waals surface area (Å²) in [5.74, 6) is 2.30. The quantitative estimate of drug-likeness (QED) is 0.939. The molecule has 116 valence electrons. The molecule has 0 spiro atoms. The van der Waals surface area contributed by atoms with Crippen LogP contribution in [0.25, 0.3) is 0 Å². The molecule has 0 radical (unpaired) electrons. The van der Waals surface area contributed by atoms with Crippen LogP contribution in [-0.2, 0) is 4.74 Å². The Balaban J connectivity index is 1.72. The molecule has 0 atom stereocenters. The van der Waals surface area contributed by atoms with Gasteiger partial charge in [0.1, 0.15) is 18.0 Å². The highest BCUT2D eigenvalue weighted by atomic mass is 16.5. The molecule has 2 aromatic rings. The van der Waals surface area contributed by atoms with Crippen LogP contribution in [-0.4, -0.2) is 36.3 Å². The zero-order valence-corrected chi connectivity index (χ0v) is 13.1. The van der Waals surface area contributed by atoms with Crippen LogP contribution in [0.15, 0.2) is 36.7 Å². The van der Waals surface area contributed by atoms with E-state index in [-0.39, 0.29) is 0 Å². The zero-order valence-electron chi connectivity index (χ0n) is 13.1. The largest absolute Gasteiger partial charge is 0.378 e. The lowest BCUT2D eigenvalue weighted by molar-refractivity contribution is 0.122. The lowest BCUT2D eigenvalue weighted by Crippen LogP contribution is -2.36. The van der Waals surface area contributed by atoms with E-state index < -0.39 is 0 Å². The standard InChI is InChI=1S/C17H22N4O/c1-13(2)14-3-5-15(6-4-14)20-16-11-17(19-12-18-16)21-7-9-22-10-8-21/h3-6,11-13H,7-10H2,1-2H3,(H,18,19,20). The summed E-state index contributed by atoms with van der Waals surface area (Å²) in [5, 5.41) is 3.34. The highest BCUT2D eigenvalue weighted by Crippen LogP contribution is 2.21. The summed E-state index contributed by atoms with van der Waals surface area (Å²) in [6.45, 7) is 7.65.